The highest BCUT2D eigenvalue weighted by Gasteiger charge is 2.20. The van der Waals surface area contributed by atoms with E-state index in [1.54, 1.807) is 31.4 Å². The molecule has 1 N–H and O–H groups in total. The van der Waals surface area contributed by atoms with Gasteiger partial charge in [0.2, 0.25) is 5.91 Å². The lowest BCUT2D eigenvalue weighted by Gasteiger charge is -2.19. The number of hydrogen-bond donors (Lipinski definition) is 1. The molecular formula is C26H25N3O3. The zero-order chi connectivity index (χ0) is 22.3. The van der Waals surface area contributed by atoms with Crippen molar-refractivity contribution >= 4 is 5.91 Å². The van der Waals surface area contributed by atoms with E-state index in [1.807, 2.05) is 36.4 Å². The largest absolute Gasteiger partial charge is 0.463 e. The predicted octanol–water partition coefficient (Wildman–Crippen LogP) is 4.40. The molecule has 0 bridgehead atoms. The fourth-order valence-electron chi connectivity index (χ4n) is 3.75. The van der Waals surface area contributed by atoms with Gasteiger partial charge >= 0.3 is 0 Å². The molecule has 0 saturated heterocycles. The molecule has 1 unspecified atom stereocenters. The van der Waals surface area contributed by atoms with Crippen LogP contribution in [0.1, 0.15) is 36.4 Å². The van der Waals surface area contributed by atoms with Gasteiger partial charge in [0.1, 0.15) is 11.7 Å². The number of carbonyl (C=O) groups excluding carboxylic acids is 1. The van der Waals surface area contributed by atoms with Gasteiger partial charge in [-0.3, -0.25) is 9.59 Å². The second kappa shape index (κ2) is 9.92. The van der Waals surface area contributed by atoms with Crippen molar-refractivity contribution in [1.82, 2.24) is 15.1 Å². The van der Waals surface area contributed by atoms with Gasteiger partial charge in [-0.1, -0.05) is 60.7 Å². The van der Waals surface area contributed by atoms with Crippen molar-refractivity contribution in [2.45, 2.75) is 25.3 Å². The molecule has 32 heavy (non-hydrogen) atoms. The van der Waals surface area contributed by atoms with Crippen LogP contribution in [-0.2, 0) is 4.79 Å². The Morgan fingerprint density at radius 3 is 2.19 bits per heavy atom. The molecule has 2 heterocycles. The number of nitrogens with zero attached hydrogens (tertiary/aromatic N) is 2. The van der Waals surface area contributed by atoms with Crippen LogP contribution in [0.3, 0.4) is 0 Å². The molecule has 0 fully saturated rings. The van der Waals surface area contributed by atoms with Crippen LogP contribution in [0, 0.1) is 0 Å². The molecule has 0 aliphatic rings. The second-order valence-corrected chi connectivity index (χ2v) is 7.61. The van der Waals surface area contributed by atoms with Crippen molar-refractivity contribution in [2.75, 3.05) is 6.54 Å². The van der Waals surface area contributed by atoms with E-state index in [9.17, 15) is 9.59 Å². The number of aromatic nitrogens is 2. The molecule has 2 aromatic heterocycles. The van der Waals surface area contributed by atoms with Gasteiger partial charge in [-0.15, -0.1) is 0 Å². The van der Waals surface area contributed by atoms with Gasteiger partial charge in [0.25, 0.3) is 5.56 Å². The van der Waals surface area contributed by atoms with Gasteiger partial charge in [0.05, 0.1) is 6.26 Å². The van der Waals surface area contributed by atoms with Gasteiger partial charge in [0, 0.05) is 18.5 Å². The van der Waals surface area contributed by atoms with Crippen LogP contribution in [0.15, 0.2) is 100 Å². The Labute approximate surface area is 186 Å². The van der Waals surface area contributed by atoms with Gasteiger partial charge in [-0.25, -0.2) is 4.68 Å². The maximum Gasteiger partial charge on any atom is 0.267 e. The van der Waals surface area contributed by atoms with Gasteiger partial charge in [-0.2, -0.15) is 5.10 Å². The van der Waals surface area contributed by atoms with Crippen LogP contribution < -0.4 is 10.9 Å². The zero-order valence-electron chi connectivity index (χ0n) is 17.8. The molecule has 4 rings (SSSR count). The Morgan fingerprint density at radius 2 is 1.59 bits per heavy atom. The third-order valence-corrected chi connectivity index (χ3v) is 5.48. The normalized spacial score (nSPS) is 11.9. The summed E-state index contributed by atoms with van der Waals surface area (Å²) < 4.78 is 6.55. The molecular weight excluding hydrogens is 402 g/mol. The van der Waals surface area contributed by atoms with E-state index < -0.39 is 6.04 Å². The van der Waals surface area contributed by atoms with E-state index in [2.05, 4.69) is 34.7 Å². The van der Waals surface area contributed by atoms with Crippen molar-refractivity contribution in [3.63, 3.8) is 0 Å². The van der Waals surface area contributed by atoms with Gasteiger partial charge < -0.3 is 9.73 Å². The molecule has 0 radical (unpaired) electrons. The molecule has 1 amide bonds. The van der Waals surface area contributed by atoms with Crippen molar-refractivity contribution < 1.29 is 9.21 Å². The van der Waals surface area contributed by atoms with Crippen LogP contribution in [0.2, 0.25) is 0 Å². The minimum absolute atomic E-state index is 0.163. The Balaban J connectivity index is 1.45. The lowest BCUT2D eigenvalue weighted by atomic mass is 9.88. The van der Waals surface area contributed by atoms with Crippen molar-refractivity contribution in [1.29, 1.82) is 0 Å². The van der Waals surface area contributed by atoms with Crippen molar-refractivity contribution in [2.24, 2.45) is 0 Å². The Hall–Kier alpha value is -3.93. The van der Waals surface area contributed by atoms with E-state index >= 15 is 0 Å². The highest BCUT2D eigenvalue weighted by molar-refractivity contribution is 5.79. The number of benzene rings is 2. The van der Waals surface area contributed by atoms with Gasteiger partial charge in [-0.05, 0) is 42.7 Å². The van der Waals surface area contributed by atoms with Crippen LogP contribution in [0.25, 0.3) is 11.5 Å². The summed E-state index contributed by atoms with van der Waals surface area (Å²) in [5.74, 6) is 0.451. The monoisotopic (exact) mass is 427 g/mol. The molecule has 0 aliphatic heterocycles. The standard InChI is InChI=1S/C26H25N3O3/c1-19(29-25(30)15-14-23(28-29)24-13-8-18-32-24)26(31)27-17-16-22(20-9-4-2-5-10-20)21-11-6-3-7-12-21/h2-15,18-19,22H,16-17H2,1H3,(H,27,31). The summed E-state index contributed by atoms with van der Waals surface area (Å²) in [6.45, 7) is 2.14. The molecule has 6 nitrogen and oxygen atoms in total. The van der Waals surface area contributed by atoms with E-state index in [0.717, 1.165) is 6.42 Å². The number of carbonyl (C=O) groups is 1. The SMILES string of the molecule is CC(C(=O)NCCC(c1ccccc1)c1ccccc1)n1nc(-c2ccco2)ccc1=O. The topological polar surface area (TPSA) is 77.1 Å². The number of amides is 1. The van der Waals surface area contributed by atoms with Crippen LogP contribution >= 0.6 is 0 Å². The quantitative estimate of drug-likeness (QED) is 0.452. The molecule has 2 aromatic carbocycles. The summed E-state index contributed by atoms with van der Waals surface area (Å²) in [5, 5.41) is 7.29. The Kier molecular flexibility index (Phi) is 6.60. The number of rotatable bonds is 8. The van der Waals surface area contributed by atoms with E-state index in [4.69, 9.17) is 4.42 Å². The highest BCUT2D eigenvalue weighted by Crippen LogP contribution is 2.27. The smallest absolute Gasteiger partial charge is 0.267 e. The van der Waals surface area contributed by atoms with Crippen molar-refractivity contribution in [3.8, 4) is 11.5 Å². The molecule has 0 spiro atoms. The molecule has 4 aromatic rings. The first kappa shape index (κ1) is 21.3. The first-order valence-corrected chi connectivity index (χ1v) is 10.6. The average Bonchev–Trinajstić information content (AvgIpc) is 3.38. The van der Waals surface area contributed by atoms with Crippen LogP contribution in [0.5, 0.6) is 0 Å². The first-order valence-electron chi connectivity index (χ1n) is 10.6. The Bertz CT molecular complexity index is 1160. The van der Waals surface area contributed by atoms with Crippen LogP contribution in [0.4, 0.5) is 0 Å². The lowest BCUT2D eigenvalue weighted by Crippen LogP contribution is -2.37. The molecule has 1 atom stereocenters. The zero-order valence-corrected chi connectivity index (χ0v) is 17.8. The summed E-state index contributed by atoms with van der Waals surface area (Å²) >= 11 is 0. The molecule has 0 saturated carbocycles. The molecule has 6 heteroatoms. The summed E-state index contributed by atoms with van der Waals surface area (Å²) in [6, 6.07) is 26.2. The summed E-state index contributed by atoms with van der Waals surface area (Å²) in [4.78, 5) is 25.1. The minimum Gasteiger partial charge on any atom is -0.463 e. The fraction of sp³-hybridized carbons (Fsp3) is 0.192. The maximum absolute atomic E-state index is 12.8. The predicted molar refractivity (Wildman–Crippen MR) is 123 cm³/mol. The van der Waals surface area contributed by atoms with Crippen LogP contribution in [-0.4, -0.2) is 22.2 Å². The van der Waals surface area contributed by atoms with E-state index in [1.165, 1.54) is 21.9 Å². The highest BCUT2D eigenvalue weighted by atomic mass is 16.3. The lowest BCUT2D eigenvalue weighted by molar-refractivity contribution is -0.124. The first-order chi connectivity index (χ1) is 15.6. The van der Waals surface area contributed by atoms with Gasteiger partial charge in [0.15, 0.2) is 5.76 Å². The average molecular weight is 428 g/mol. The summed E-state index contributed by atoms with van der Waals surface area (Å²) in [6.07, 6.45) is 2.28. The van der Waals surface area contributed by atoms with E-state index in [0.29, 0.717) is 18.0 Å². The fourth-order valence-corrected chi connectivity index (χ4v) is 3.75. The molecule has 0 aliphatic carbocycles. The number of hydrogen-bond acceptors (Lipinski definition) is 4. The third kappa shape index (κ3) is 4.86. The maximum atomic E-state index is 12.8. The molecule has 162 valence electrons. The number of nitrogens with one attached hydrogen (secondary N) is 1. The summed E-state index contributed by atoms with van der Waals surface area (Å²) in [5.41, 5.74) is 2.56. The van der Waals surface area contributed by atoms with Crippen molar-refractivity contribution in [3.05, 3.63) is 113 Å². The minimum atomic E-state index is -0.746. The summed E-state index contributed by atoms with van der Waals surface area (Å²) in [7, 11) is 0. The Morgan fingerprint density at radius 1 is 0.938 bits per heavy atom. The number of furan rings is 1. The third-order valence-electron chi connectivity index (χ3n) is 5.48. The van der Waals surface area contributed by atoms with E-state index in [-0.39, 0.29) is 17.4 Å². The second-order valence-electron chi connectivity index (χ2n) is 7.61.